The van der Waals surface area contributed by atoms with Gasteiger partial charge >= 0.3 is 0 Å². The highest BCUT2D eigenvalue weighted by Crippen LogP contribution is 2.13. The van der Waals surface area contributed by atoms with Crippen LogP contribution in [-0.2, 0) is 13.1 Å². The van der Waals surface area contributed by atoms with Crippen LogP contribution < -0.4 is 16.4 Å². The number of hydrogen-bond acceptors (Lipinski definition) is 4. The summed E-state index contributed by atoms with van der Waals surface area (Å²) in [6.07, 6.45) is 3.27. The van der Waals surface area contributed by atoms with E-state index in [0.29, 0.717) is 17.8 Å². The first-order chi connectivity index (χ1) is 14.5. The zero-order valence-electron chi connectivity index (χ0n) is 16.6. The number of benzene rings is 1. The summed E-state index contributed by atoms with van der Waals surface area (Å²) in [4.78, 5) is 30.7. The van der Waals surface area contributed by atoms with Gasteiger partial charge in [-0.2, -0.15) is 0 Å². The van der Waals surface area contributed by atoms with Gasteiger partial charge in [0.15, 0.2) is 0 Å². The largest absolute Gasteiger partial charge is 0.348 e. The summed E-state index contributed by atoms with van der Waals surface area (Å²) in [5.41, 5.74) is 2.49. The molecule has 7 nitrogen and oxygen atoms in total. The van der Waals surface area contributed by atoms with E-state index in [4.69, 9.17) is 5.41 Å². The van der Waals surface area contributed by atoms with Crippen molar-refractivity contribution in [3.63, 3.8) is 0 Å². The van der Waals surface area contributed by atoms with E-state index in [0.717, 1.165) is 11.1 Å². The van der Waals surface area contributed by atoms with Crippen LogP contribution in [-0.4, -0.2) is 19.9 Å². The second-order valence-electron chi connectivity index (χ2n) is 7.01. The lowest BCUT2D eigenvalue weighted by atomic mass is 10.1. The molecule has 30 heavy (non-hydrogen) atoms. The summed E-state index contributed by atoms with van der Waals surface area (Å²) in [5.74, 6) is -0.419. The number of rotatable bonds is 5. The van der Waals surface area contributed by atoms with E-state index in [1.54, 1.807) is 18.3 Å². The highest BCUT2D eigenvalue weighted by atomic mass is 16.1. The number of amides is 1. The zero-order valence-corrected chi connectivity index (χ0v) is 16.6. The molecule has 0 aliphatic rings. The third-order valence-electron chi connectivity index (χ3n) is 4.99. The van der Waals surface area contributed by atoms with Gasteiger partial charge < -0.3 is 9.88 Å². The first kappa shape index (κ1) is 19.3. The molecule has 0 unspecified atom stereocenters. The number of nitrogens with one attached hydrogen (secondary N) is 2. The summed E-state index contributed by atoms with van der Waals surface area (Å²) in [6.45, 7) is 6.19. The van der Waals surface area contributed by atoms with Gasteiger partial charge in [0.1, 0.15) is 16.8 Å². The molecule has 3 aromatic heterocycles. The van der Waals surface area contributed by atoms with Crippen LogP contribution in [0, 0.1) is 12.3 Å². The van der Waals surface area contributed by atoms with Crippen LogP contribution in [0.15, 0.2) is 72.2 Å². The van der Waals surface area contributed by atoms with Crippen molar-refractivity contribution >= 4 is 22.6 Å². The van der Waals surface area contributed by atoms with Crippen LogP contribution in [0.5, 0.6) is 0 Å². The molecule has 7 heteroatoms. The molecule has 0 aliphatic heterocycles. The van der Waals surface area contributed by atoms with Crippen molar-refractivity contribution in [2.75, 3.05) is 0 Å². The fourth-order valence-electron chi connectivity index (χ4n) is 3.45. The number of carbonyl (C=O) groups excluding carboxylic acids is 1. The number of nitrogens with zero attached hydrogens (tertiary/aromatic N) is 3. The maximum Gasteiger partial charge on any atom is 0.267 e. The van der Waals surface area contributed by atoms with Crippen LogP contribution in [0.1, 0.15) is 21.5 Å². The third-order valence-corrected chi connectivity index (χ3v) is 4.99. The lowest BCUT2D eigenvalue weighted by Crippen LogP contribution is -2.34. The van der Waals surface area contributed by atoms with E-state index in [1.807, 2.05) is 43.3 Å². The Kier molecular flexibility index (Phi) is 5.02. The molecule has 4 rings (SSSR count). The average molecular weight is 399 g/mol. The van der Waals surface area contributed by atoms with Gasteiger partial charge in [0.2, 0.25) is 0 Å². The third kappa shape index (κ3) is 3.30. The summed E-state index contributed by atoms with van der Waals surface area (Å²) in [7, 11) is 0. The van der Waals surface area contributed by atoms with Gasteiger partial charge in [-0.25, -0.2) is 4.98 Å². The Morgan fingerprint density at radius 2 is 1.97 bits per heavy atom. The highest BCUT2D eigenvalue weighted by Gasteiger charge is 2.17. The first-order valence-electron chi connectivity index (χ1n) is 9.54. The molecule has 0 radical (unpaired) electrons. The van der Waals surface area contributed by atoms with Crippen LogP contribution in [0.2, 0.25) is 0 Å². The van der Waals surface area contributed by atoms with Crippen molar-refractivity contribution in [2.24, 2.45) is 0 Å². The second kappa shape index (κ2) is 7.79. The summed E-state index contributed by atoms with van der Waals surface area (Å²) >= 11 is 0. The van der Waals surface area contributed by atoms with E-state index in [1.165, 1.54) is 15.0 Å². The zero-order chi connectivity index (χ0) is 21.3. The lowest BCUT2D eigenvalue weighted by Gasteiger charge is -2.14. The number of carbonyl (C=O) groups is 1. The predicted molar refractivity (Wildman–Crippen MR) is 115 cm³/mol. The number of aromatic nitrogens is 3. The summed E-state index contributed by atoms with van der Waals surface area (Å²) in [5, 5.41) is 11.7. The molecule has 0 fully saturated rings. The standard InChI is InChI=1S/C23H21N5O2/c1-3-11-27-19(24)17(22(29)25-14-16-9-5-4-6-10-16)13-18-21(27)26-20-15(2)8-7-12-28(20)23(18)30/h3-10,12-13,24H,1,11,14H2,2H3,(H,25,29). The summed E-state index contributed by atoms with van der Waals surface area (Å²) in [6, 6.07) is 14.6. The monoisotopic (exact) mass is 399 g/mol. The number of aryl methyl sites for hydroxylation is 1. The van der Waals surface area contributed by atoms with Gasteiger partial charge in [0, 0.05) is 19.3 Å². The molecule has 0 atom stereocenters. The van der Waals surface area contributed by atoms with Crippen LogP contribution in [0.4, 0.5) is 0 Å². The average Bonchev–Trinajstić information content (AvgIpc) is 2.76. The molecule has 1 aromatic carbocycles. The van der Waals surface area contributed by atoms with Crippen molar-refractivity contribution in [3.05, 3.63) is 99.9 Å². The smallest absolute Gasteiger partial charge is 0.267 e. The van der Waals surface area contributed by atoms with Crippen LogP contribution >= 0.6 is 0 Å². The Balaban J connectivity index is 1.89. The normalized spacial score (nSPS) is 11.0. The quantitative estimate of drug-likeness (QED) is 0.399. The minimum Gasteiger partial charge on any atom is -0.348 e. The van der Waals surface area contributed by atoms with Gasteiger partial charge in [0.05, 0.1) is 10.9 Å². The molecule has 0 bridgehead atoms. The molecule has 2 N–H and O–H groups in total. The van der Waals surface area contributed by atoms with Gasteiger partial charge in [-0.3, -0.25) is 19.4 Å². The molecule has 0 saturated heterocycles. The van der Waals surface area contributed by atoms with Crippen molar-refractivity contribution in [2.45, 2.75) is 20.0 Å². The maximum atomic E-state index is 13.2. The maximum absolute atomic E-state index is 13.2. The van der Waals surface area contributed by atoms with Crippen molar-refractivity contribution in [1.29, 1.82) is 5.41 Å². The molecule has 0 saturated carbocycles. The van der Waals surface area contributed by atoms with Crippen LogP contribution in [0.25, 0.3) is 16.7 Å². The SMILES string of the molecule is C=CCn1c(=N)c(C(=O)NCc2ccccc2)cc2c(=O)n3cccc(C)c3nc21. The Bertz CT molecular complexity index is 1400. The van der Waals surface area contributed by atoms with E-state index in [9.17, 15) is 9.59 Å². The van der Waals surface area contributed by atoms with E-state index in [2.05, 4.69) is 16.9 Å². The molecule has 0 aliphatic carbocycles. The molecule has 150 valence electrons. The fraction of sp³-hybridized carbons (Fsp3) is 0.130. The Labute approximate surface area is 172 Å². The Morgan fingerprint density at radius 3 is 2.70 bits per heavy atom. The molecular weight excluding hydrogens is 378 g/mol. The van der Waals surface area contributed by atoms with Gasteiger partial charge in [-0.15, -0.1) is 6.58 Å². The van der Waals surface area contributed by atoms with Gasteiger partial charge in [0.25, 0.3) is 11.5 Å². The van der Waals surface area contributed by atoms with E-state index < -0.39 is 5.91 Å². The van der Waals surface area contributed by atoms with E-state index in [-0.39, 0.29) is 28.5 Å². The number of allylic oxidation sites excluding steroid dienone is 1. The topological polar surface area (TPSA) is 92.2 Å². The fourth-order valence-corrected chi connectivity index (χ4v) is 3.45. The predicted octanol–water partition coefficient (Wildman–Crippen LogP) is 2.55. The second-order valence-corrected chi connectivity index (χ2v) is 7.01. The van der Waals surface area contributed by atoms with Crippen molar-refractivity contribution in [1.82, 2.24) is 19.3 Å². The number of fused-ring (bicyclic) bond motifs is 2. The molecule has 3 heterocycles. The Morgan fingerprint density at radius 1 is 1.20 bits per heavy atom. The molecule has 4 aromatic rings. The summed E-state index contributed by atoms with van der Waals surface area (Å²) < 4.78 is 3.00. The molecule has 1 amide bonds. The van der Waals surface area contributed by atoms with Crippen LogP contribution in [0.3, 0.4) is 0 Å². The minimum absolute atomic E-state index is 0.0159. The van der Waals surface area contributed by atoms with Crippen molar-refractivity contribution < 1.29 is 4.79 Å². The first-order valence-corrected chi connectivity index (χ1v) is 9.54. The molecular formula is C23H21N5O2. The van der Waals surface area contributed by atoms with Gasteiger partial charge in [-0.05, 0) is 30.2 Å². The highest BCUT2D eigenvalue weighted by molar-refractivity contribution is 5.96. The Hall–Kier alpha value is -4.00. The van der Waals surface area contributed by atoms with Gasteiger partial charge in [-0.1, -0.05) is 42.5 Å². The number of hydrogen-bond donors (Lipinski definition) is 2. The lowest BCUT2D eigenvalue weighted by molar-refractivity contribution is 0.0948. The minimum atomic E-state index is -0.419. The number of pyridine rings is 2. The van der Waals surface area contributed by atoms with E-state index >= 15 is 0 Å². The van der Waals surface area contributed by atoms with Crippen molar-refractivity contribution in [3.8, 4) is 0 Å². The molecule has 0 spiro atoms.